The topological polar surface area (TPSA) is 12.5 Å². The summed E-state index contributed by atoms with van der Waals surface area (Å²) >= 11 is 0. The molecule has 0 spiro atoms. The SMILES string of the molecule is CCCCCCCCN(/C=C(/C[Si](C)(C)c1ccccc1)c1ccccc1OC)[Si](C)(C)c1ccccc1. The predicted octanol–water partition coefficient (Wildman–Crippen LogP) is 8.43. The van der Waals surface area contributed by atoms with E-state index in [1.54, 1.807) is 7.11 Å². The van der Waals surface area contributed by atoms with Crippen molar-refractivity contribution in [2.45, 2.75) is 77.7 Å². The number of benzene rings is 3. The molecule has 3 aromatic carbocycles. The van der Waals surface area contributed by atoms with Gasteiger partial charge in [-0.25, -0.2) is 0 Å². The van der Waals surface area contributed by atoms with E-state index >= 15 is 0 Å². The molecule has 3 rings (SSSR count). The summed E-state index contributed by atoms with van der Waals surface area (Å²) in [4.78, 5) is 0. The summed E-state index contributed by atoms with van der Waals surface area (Å²) in [6.45, 7) is 13.4. The number of nitrogens with zero attached hydrogens (tertiary/aromatic N) is 1. The van der Waals surface area contributed by atoms with Gasteiger partial charge in [-0.3, -0.25) is 0 Å². The Morgan fingerprint density at radius 2 is 1.26 bits per heavy atom. The van der Waals surface area contributed by atoms with E-state index in [-0.39, 0.29) is 0 Å². The molecule has 0 saturated carbocycles. The smallest absolute Gasteiger partial charge is 0.181 e. The maximum absolute atomic E-state index is 5.90. The average Bonchev–Trinajstić information content (AvgIpc) is 2.94. The second-order valence-corrected chi connectivity index (χ2v) is 20.6. The van der Waals surface area contributed by atoms with E-state index in [1.165, 1.54) is 60.0 Å². The van der Waals surface area contributed by atoms with Gasteiger partial charge in [0.25, 0.3) is 0 Å². The molecule has 0 aliphatic heterocycles. The van der Waals surface area contributed by atoms with Gasteiger partial charge in [-0.2, -0.15) is 0 Å². The molecule has 0 aliphatic carbocycles. The molecule has 204 valence electrons. The van der Waals surface area contributed by atoms with Crippen molar-refractivity contribution in [3.8, 4) is 5.75 Å². The second kappa shape index (κ2) is 14.5. The van der Waals surface area contributed by atoms with Gasteiger partial charge in [-0.05, 0) is 48.6 Å². The molecular formula is C34H49NOSi2. The Hall–Kier alpha value is -2.57. The first-order valence-corrected chi connectivity index (χ1v) is 20.7. The van der Waals surface area contributed by atoms with Gasteiger partial charge < -0.3 is 9.30 Å². The minimum absolute atomic E-state index is 0.968. The second-order valence-electron chi connectivity index (χ2n) is 11.7. The minimum atomic E-state index is -1.93. The lowest BCUT2D eigenvalue weighted by Crippen LogP contribution is -2.56. The van der Waals surface area contributed by atoms with Gasteiger partial charge in [-0.1, -0.05) is 136 Å². The van der Waals surface area contributed by atoms with E-state index in [2.05, 4.69) is 129 Å². The van der Waals surface area contributed by atoms with Gasteiger partial charge in [0.15, 0.2) is 8.24 Å². The number of methoxy groups -OCH3 is 1. The van der Waals surface area contributed by atoms with E-state index < -0.39 is 16.3 Å². The third kappa shape index (κ3) is 8.21. The third-order valence-electron chi connectivity index (χ3n) is 7.90. The molecule has 0 aromatic heterocycles. The summed E-state index contributed by atoms with van der Waals surface area (Å²) < 4.78 is 8.65. The third-order valence-corrected chi connectivity index (χ3v) is 14.6. The molecule has 3 aromatic rings. The summed E-state index contributed by atoms with van der Waals surface area (Å²) in [5.41, 5.74) is 2.64. The van der Waals surface area contributed by atoms with Crippen LogP contribution in [0.5, 0.6) is 5.75 Å². The number of allylic oxidation sites excluding steroid dienone is 1. The molecule has 0 heterocycles. The Morgan fingerprint density at radius 3 is 1.89 bits per heavy atom. The molecule has 0 radical (unpaired) electrons. The van der Waals surface area contributed by atoms with Crippen LogP contribution in [0.4, 0.5) is 0 Å². The lowest BCUT2D eigenvalue weighted by Gasteiger charge is -2.38. The van der Waals surface area contributed by atoms with Crippen LogP contribution in [0.1, 0.15) is 51.0 Å². The highest BCUT2D eigenvalue weighted by molar-refractivity contribution is 6.91. The number of para-hydroxylation sites is 1. The largest absolute Gasteiger partial charge is 0.496 e. The molecule has 0 N–H and O–H groups in total. The van der Waals surface area contributed by atoms with Crippen LogP contribution in [0.25, 0.3) is 5.57 Å². The monoisotopic (exact) mass is 543 g/mol. The quantitative estimate of drug-likeness (QED) is 0.141. The first-order chi connectivity index (χ1) is 18.3. The number of ether oxygens (including phenoxy) is 1. The molecule has 0 unspecified atom stereocenters. The lowest BCUT2D eigenvalue weighted by atomic mass is 10.1. The van der Waals surface area contributed by atoms with Crippen LogP contribution in [0.15, 0.2) is 91.1 Å². The molecular weight excluding hydrogens is 495 g/mol. The highest BCUT2D eigenvalue weighted by Crippen LogP contribution is 2.33. The van der Waals surface area contributed by atoms with E-state index in [0.717, 1.165) is 18.3 Å². The van der Waals surface area contributed by atoms with Crippen LogP contribution >= 0.6 is 0 Å². The summed E-state index contributed by atoms with van der Waals surface area (Å²) in [7, 11) is -1.89. The molecule has 0 atom stereocenters. The van der Waals surface area contributed by atoms with Crippen molar-refractivity contribution in [3.63, 3.8) is 0 Å². The number of hydrogen-bond acceptors (Lipinski definition) is 2. The van der Waals surface area contributed by atoms with Crippen LogP contribution < -0.4 is 15.1 Å². The Labute approximate surface area is 234 Å². The fraction of sp³-hybridized carbons (Fsp3) is 0.412. The van der Waals surface area contributed by atoms with Crippen LogP contribution in [0.3, 0.4) is 0 Å². The lowest BCUT2D eigenvalue weighted by molar-refractivity contribution is 0.413. The van der Waals surface area contributed by atoms with Gasteiger partial charge in [-0.15, -0.1) is 0 Å². The highest BCUT2D eigenvalue weighted by Gasteiger charge is 2.32. The molecule has 38 heavy (non-hydrogen) atoms. The summed E-state index contributed by atoms with van der Waals surface area (Å²) in [5.74, 6) is 0.968. The first-order valence-electron chi connectivity index (χ1n) is 14.5. The average molecular weight is 544 g/mol. The van der Waals surface area contributed by atoms with Crippen molar-refractivity contribution in [3.05, 3.63) is 96.7 Å². The zero-order chi connectivity index (χ0) is 27.4. The van der Waals surface area contributed by atoms with Crippen LogP contribution in [-0.2, 0) is 0 Å². The zero-order valence-electron chi connectivity index (χ0n) is 24.7. The predicted molar refractivity (Wildman–Crippen MR) is 173 cm³/mol. The first kappa shape index (κ1) is 30.0. The fourth-order valence-electron chi connectivity index (χ4n) is 5.36. The minimum Gasteiger partial charge on any atom is -0.496 e. The molecule has 4 heteroatoms. The van der Waals surface area contributed by atoms with E-state index in [9.17, 15) is 0 Å². The standard InChI is InChI=1S/C34H49NOSi2/c1-7-8-9-10-11-20-27-35(38(5,6)32-23-16-13-17-24-32)28-30(33-25-18-19-26-34(33)36-2)29-37(3,4)31-21-14-12-15-22-31/h12-19,21-26,28H,7-11,20,27,29H2,1-6H3/b30-28-. The van der Waals surface area contributed by atoms with Crippen molar-refractivity contribution >= 4 is 32.3 Å². The van der Waals surface area contributed by atoms with Crippen molar-refractivity contribution in [2.24, 2.45) is 0 Å². The van der Waals surface area contributed by atoms with Gasteiger partial charge in [0.1, 0.15) is 5.75 Å². The zero-order valence-corrected chi connectivity index (χ0v) is 26.7. The number of rotatable bonds is 15. The molecule has 0 amide bonds. The molecule has 2 nitrogen and oxygen atoms in total. The fourth-order valence-corrected chi connectivity index (χ4v) is 10.4. The van der Waals surface area contributed by atoms with Crippen molar-refractivity contribution in [2.75, 3.05) is 13.7 Å². The van der Waals surface area contributed by atoms with Crippen molar-refractivity contribution in [1.82, 2.24) is 4.57 Å². The summed E-state index contributed by atoms with van der Waals surface area (Å²) in [6, 6.07) is 32.0. The Balaban J connectivity index is 2.04. The molecule has 0 saturated heterocycles. The van der Waals surface area contributed by atoms with E-state index in [0.29, 0.717) is 0 Å². The van der Waals surface area contributed by atoms with Gasteiger partial charge >= 0.3 is 0 Å². The Kier molecular flexibility index (Phi) is 11.5. The van der Waals surface area contributed by atoms with Crippen LogP contribution in [0, 0.1) is 0 Å². The number of hydrogen-bond donors (Lipinski definition) is 0. The molecule has 0 aliphatic rings. The summed E-state index contributed by atoms with van der Waals surface area (Å²) in [5, 5.41) is 2.99. The van der Waals surface area contributed by atoms with Crippen molar-refractivity contribution < 1.29 is 4.74 Å². The number of unbranched alkanes of at least 4 members (excludes halogenated alkanes) is 5. The van der Waals surface area contributed by atoms with E-state index in [4.69, 9.17) is 4.74 Å². The maximum atomic E-state index is 5.90. The Morgan fingerprint density at radius 1 is 0.711 bits per heavy atom. The normalized spacial score (nSPS) is 12.4. The maximum Gasteiger partial charge on any atom is 0.181 e. The van der Waals surface area contributed by atoms with Gasteiger partial charge in [0, 0.05) is 12.1 Å². The van der Waals surface area contributed by atoms with Gasteiger partial charge in [0.2, 0.25) is 0 Å². The van der Waals surface area contributed by atoms with Gasteiger partial charge in [0.05, 0.1) is 15.2 Å². The molecule has 0 fully saturated rings. The van der Waals surface area contributed by atoms with Crippen LogP contribution in [-0.4, -0.2) is 34.5 Å². The Bertz CT molecular complexity index is 1130. The highest BCUT2D eigenvalue weighted by atomic mass is 28.3. The van der Waals surface area contributed by atoms with Crippen molar-refractivity contribution in [1.29, 1.82) is 0 Å². The van der Waals surface area contributed by atoms with E-state index in [1.807, 2.05) is 0 Å². The van der Waals surface area contributed by atoms with Crippen LogP contribution in [0.2, 0.25) is 32.2 Å². The molecule has 0 bridgehead atoms. The summed E-state index contributed by atoms with van der Waals surface area (Å²) in [6.07, 6.45) is 10.4.